The number of aromatic nitrogens is 1. The van der Waals surface area contributed by atoms with Gasteiger partial charge in [0, 0.05) is 30.6 Å². The number of piperidine rings is 1. The van der Waals surface area contributed by atoms with Gasteiger partial charge in [-0.05, 0) is 64.1 Å². The van der Waals surface area contributed by atoms with Crippen LogP contribution in [-0.4, -0.2) is 49.0 Å². The van der Waals surface area contributed by atoms with Gasteiger partial charge in [-0.15, -0.1) is 0 Å². The van der Waals surface area contributed by atoms with E-state index >= 15 is 0 Å². The number of hydrogen-bond donors (Lipinski definition) is 1. The van der Waals surface area contributed by atoms with Crippen LogP contribution < -0.4 is 15.0 Å². The van der Waals surface area contributed by atoms with Crippen molar-refractivity contribution < 1.29 is 14.3 Å². The number of ether oxygens (including phenoxy) is 2. The van der Waals surface area contributed by atoms with Gasteiger partial charge in [0.25, 0.3) is 0 Å². The number of nitrogens with zero attached hydrogens (tertiary/aromatic N) is 5. The average Bonchev–Trinajstić information content (AvgIpc) is 2.69. The first-order valence-corrected chi connectivity index (χ1v) is 10.7. The predicted molar refractivity (Wildman–Crippen MR) is 117 cm³/mol. The van der Waals surface area contributed by atoms with Crippen molar-refractivity contribution in [2.24, 2.45) is 5.11 Å². The zero-order chi connectivity index (χ0) is 21.8. The fraction of sp³-hybridized carbons (Fsp3) is 0.714. The molecule has 1 aliphatic rings. The Hall–Kier alpha value is -2.67. The molecule has 9 nitrogen and oxygen atoms in total. The maximum atomic E-state index is 12.0. The van der Waals surface area contributed by atoms with Crippen molar-refractivity contribution in [1.29, 1.82) is 0 Å². The van der Waals surface area contributed by atoms with E-state index in [0.29, 0.717) is 19.7 Å². The van der Waals surface area contributed by atoms with Crippen LogP contribution in [0.25, 0.3) is 10.4 Å². The lowest BCUT2D eigenvalue weighted by Gasteiger charge is -2.34. The van der Waals surface area contributed by atoms with Gasteiger partial charge in [-0.1, -0.05) is 18.0 Å². The van der Waals surface area contributed by atoms with Gasteiger partial charge in [-0.2, -0.15) is 0 Å². The first-order valence-electron chi connectivity index (χ1n) is 10.7. The standard InChI is InChI=1S/C21H34N6O3/c1-21(2,3)30-20(28)25-17-9-8-13-27(16-17)19-11-10-18(15-23-19)29-14-7-5-4-6-12-24-26-22/h10-11,15,17H,4-9,12-14,16H2,1-3H3,(H,25,28)/t17-/m0/s1. The summed E-state index contributed by atoms with van der Waals surface area (Å²) in [6, 6.07) is 3.95. The molecule has 1 aromatic heterocycles. The number of alkyl carbamates (subject to hydrolysis) is 1. The van der Waals surface area contributed by atoms with Gasteiger partial charge in [-0.25, -0.2) is 9.78 Å². The van der Waals surface area contributed by atoms with Gasteiger partial charge in [0.2, 0.25) is 0 Å². The van der Waals surface area contributed by atoms with E-state index in [4.69, 9.17) is 15.0 Å². The molecule has 1 N–H and O–H groups in total. The summed E-state index contributed by atoms with van der Waals surface area (Å²) >= 11 is 0. The normalized spacial score (nSPS) is 16.5. The first-order chi connectivity index (χ1) is 14.4. The number of hydrogen-bond acceptors (Lipinski definition) is 6. The number of pyridine rings is 1. The Kier molecular flexibility index (Phi) is 9.54. The molecule has 1 amide bonds. The van der Waals surface area contributed by atoms with Gasteiger partial charge in [-0.3, -0.25) is 0 Å². The molecule has 0 bridgehead atoms. The van der Waals surface area contributed by atoms with Gasteiger partial charge in [0.05, 0.1) is 12.8 Å². The highest BCUT2D eigenvalue weighted by Crippen LogP contribution is 2.21. The summed E-state index contributed by atoms with van der Waals surface area (Å²) < 4.78 is 11.1. The highest BCUT2D eigenvalue weighted by Gasteiger charge is 2.24. The number of azide groups is 1. The molecule has 2 rings (SSSR count). The molecule has 0 spiro atoms. The topological polar surface area (TPSA) is 112 Å². The largest absolute Gasteiger partial charge is 0.492 e. The molecule has 1 fully saturated rings. The molecule has 0 unspecified atom stereocenters. The van der Waals surface area contributed by atoms with E-state index in [9.17, 15) is 4.79 Å². The number of unbranched alkanes of at least 4 members (excludes halogenated alkanes) is 3. The lowest BCUT2D eigenvalue weighted by Crippen LogP contribution is -2.49. The van der Waals surface area contributed by atoms with E-state index in [1.54, 1.807) is 6.20 Å². The van der Waals surface area contributed by atoms with Crippen molar-refractivity contribution in [2.75, 3.05) is 31.1 Å². The maximum Gasteiger partial charge on any atom is 0.407 e. The van der Waals surface area contributed by atoms with Crippen LogP contribution >= 0.6 is 0 Å². The molecule has 1 atom stereocenters. The second-order valence-electron chi connectivity index (χ2n) is 8.50. The zero-order valence-electron chi connectivity index (χ0n) is 18.3. The lowest BCUT2D eigenvalue weighted by molar-refractivity contribution is 0.0500. The van der Waals surface area contributed by atoms with Gasteiger partial charge < -0.3 is 19.7 Å². The molecule has 0 aliphatic carbocycles. The molecule has 1 aliphatic heterocycles. The van der Waals surface area contributed by atoms with Crippen molar-refractivity contribution >= 4 is 11.9 Å². The minimum absolute atomic E-state index is 0.0465. The smallest absolute Gasteiger partial charge is 0.407 e. The molecule has 0 saturated carbocycles. The molecule has 166 valence electrons. The second kappa shape index (κ2) is 12.1. The lowest BCUT2D eigenvalue weighted by atomic mass is 10.1. The van der Waals surface area contributed by atoms with Crippen molar-refractivity contribution in [3.8, 4) is 5.75 Å². The van der Waals surface area contributed by atoms with Gasteiger partial charge in [0.15, 0.2) is 0 Å². The van der Waals surface area contributed by atoms with E-state index in [2.05, 4.69) is 25.2 Å². The van der Waals surface area contributed by atoms with Crippen LogP contribution in [0, 0.1) is 0 Å². The van der Waals surface area contributed by atoms with E-state index in [1.165, 1.54) is 0 Å². The summed E-state index contributed by atoms with van der Waals surface area (Å²) in [5.41, 5.74) is 7.73. The number of nitrogens with one attached hydrogen (secondary N) is 1. The summed E-state index contributed by atoms with van der Waals surface area (Å²) in [4.78, 5) is 21.5. The third-order valence-corrected chi connectivity index (χ3v) is 4.67. The number of carbonyl (C=O) groups is 1. The van der Waals surface area contributed by atoms with Gasteiger partial charge in [0.1, 0.15) is 17.2 Å². The molecular weight excluding hydrogens is 384 g/mol. The number of rotatable bonds is 10. The summed E-state index contributed by atoms with van der Waals surface area (Å²) in [6.45, 7) is 8.41. The van der Waals surface area contributed by atoms with Crippen LogP contribution in [0.4, 0.5) is 10.6 Å². The third-order valence-electron chi connectivity index (χ3n) is 4.67. The Morgan fingerprint density at radius 1 is 1.33 bits per heavy atom. The predicted octanol–water partition coefficient (Wildman–Crippen LogP) is 4.82. The Labute approximate surface area is 178 Å². The van der Waals surface area contributed by atoms with Crippen molar-refractivity contribution in [1.82, 2.24) is 10.3 Å². The Balaban J connectivity index is 1.72. The van der Waals surface area contributed by atoms with Crippen molar-refractivity contribution in [3.05, 3.63) is 28.8 Å². The highest BCUT2D eigenvalue weighted by molar-refractivity contribution is 5.68. The summed E-state index contributed by atoms with van der Waals surface area (Å²) in [7, 11) is 0. The number of amides is 1. The SMILES string of the molecule is CC(C)(C)OC(=O)N[C@H]1CCCN(c2ccc(OCCCCCCN=[N+]=[N-])cn2)C1. The molecule has 30 heavy (non-hydrogen) atoms. The molecule has 0 radical (unpaired) electrons. The Morgan fingerprint density at radius 3 is 2.83 bits per heavy atom. The van der Waals surface area contributed by atoms with E-state index in [-0.39, 0.29) is 12.1 Å². The minimum Gasteiger partial charge on any atom is -0.492 e. The zero-order valence-corrected chi connectivity index (χ0v) is 18.3. The van der Waals surface area contributed by atoms with Crippen LogP contribution in [0.2, 0.25) is 0 Å². The van der Waals surface area contributed by atoms with E-state index in [1.807, 2.05) is 32.9 Å². The first kappa shape index (κ1) is 23.6. The minimum atomic E-state index is -0.498. The molecule has 9 heteroatoms. The van der Waals surface area contributed by atoms with Crippen LogP contribution in [0.15, 0.2) is 23.4 Å². The average molecular weight is 419 g/mol. The number of carbonyl (C=O) groups excluding carboxylic acids is 1. The monoisotopic (exact) mass is 418 g/mol. The van der Waals surface area contributed by atoms with Crippen molar-refractivity contribution in [2.45, 2.75) is 70.9 Å². The summed E-state index contributed by atoms with van der Waals surface area (Å²) in [5, 5.41) is 6.49. The second-order valence-corrected chi connectivity index (χ2v) is 8.50. The molecule has 2 heterocycles. The Morgan fingerprint density at radius 2 is 2.13 bits per heavy atom. The van der Waals surface area contributed by atoms with Crippen LogP contribution in [0.5, 0.6) is 5.75 Å². The van der Waals surface area contributed by atoms with Crippen LogP contribution in [-0.2, 0) is 4.74 Å². The number of anilines is 1. The van der Waals surface area contributed by atoms with E-state index < -0.39 is 5.60 Å². The molecular formula is C21H34N6O3. The fourth-order valence-electron chi connectivity index (χ4n) is 3.30. The maximum absolute atomic E-state index is 12.0. The molecule has 1 aromatic rings. The quantitative estimate of drug-likeness (QED) is 0.253. The van der Waals surface area contributed by atoms with E-state index in [0.717, 1.165) is 56.6 Å². The molecule has 0 aromatic carbocycles. The summed E-state index contributed by atoms with van der Waals surface area (Å²) in [6.07, 6.45) is 7.26. The third kappa shape index (κ3) is 9.22. The van der Waals surface area contributed by atoms with Crippen LogP contribution in [0.1, 0.15) is 59.3 Å². The summed E-state index contributed by atoms with van der Waals surface area (Å²) in [5.74, 6) is 1.64. The highest BCUT2D eigenvalue weighted by atomic mass is 16.6. The van der Waals surface area contributed by atoms with Crippen molar-refractivity contribution in [3.63, 3.8) is 0 Å². The van der Waals surface area contributed by atoms with Crippen LogP contribution in [0.3, 0.4) is 0 Å². The van der Waals surface area contributed by atoms with Gasteiger partial charge >= 0.3 is 6.09 Å². The Bertz CT molecular complexity index is 698. The molecule has 1 saturated heterocycles. The fourth-order valence-corrected chi connectivity index (χ4v) is 3.30.